The molecule has 2 aliphatic rings. The molecule has 2 bridgehead atoms. The van der Waals surface area contributed by atoms with E-state index >= 15 is 0 Å². The van der Waals surface area contributed by atoms with E-state index in [4.69, 9.17) is 0 Å². The third kappa shape index (κ3) is 2.63. The van der Waals surface area contributed by atoms with Gasteiger partial charge in [0.25, 0.3) is 0 Å². The Bertz CT molecular complexity index is 764. The van der Waals surface area contributed by atoms with Crippen LogP contribution in [0.4, 0.5) is 13.2 Å². The lowest BCUT2D eigenvalue weighted by Gasteiger charge is -2.36. The highest BCUT2D eigenvalue weighted by Crippen LogP contribution is 2.44. The van der Waals surface area contributed by atoms with E-state index in [2.05, 4.69) is 22.3 Å². The molecule has 1 aromatic carbocycles. The van der Waals surface area contributed by atoms with Crippen molar-refractivity contribution in [2.24, 2.45) is 0 Å². The summed E-state index contributed by atoms with van der Waals surface area (Å²) in [5.74, 6) is 0. The molecular formula is C18H21F3N4O. The molecule has 2 fully saturated rings. The highest BCUT2D eigenvalue weighted by Gasteiger charge is 2.58. The van der Waals surface area contributed by atoms with Gasteiger partial charge in [0.1, 0.15) is 5.69 Å². The highest BCUT2D eigenvalue weighted by molar-refractivity contribution is 5.33. The molecule has 0 amide bonds. The molecule has 4 rings (SSSR count). The number of piperidine rings is 1. The fourth-order valence-corrected chi connectivity index (χ4v) is 4.36. The predicted molar refractivity (Wildman–Crippen MR) is 88.4 cm³/mol. The smallest absolute Gasteiger partial charge is 0.371 e. The summed E-state index contributed by atoms with van der Waals surface area (Å²) in [6.45, 7) is 0. The third-order valence-electron chi connectivity index (χ3n) is 5.93. The normalized spacial score (nSPS) is 28.9. The van der Waals surface area contributed by atoms with Crippen molar-refractivity contribution in [3.63, 3.8) is 0 Å². The van der Waals surface area contributed by atoms with Crippen LogP contribution in [-0.4, -0.2) is 50.3 Å². The monoisotopic (exact) mass is 366 g/mol. The van der Waals surface area contributed by atoms with E-state index in [-0.39, 0.29) is 11.6 Å². The number of fused-ring (bicyclic) bond motifs is 2. The number of hydrogen-bond donors (Lipinski definition) is 1. The molecule has 0 aliphatic carbocycles. The van der Waals surface area contributed by atoms with Crippen molar-refractivity contribution < 1.29 is 18.3 Å². The molecule has 1 aromatic heterocycles. The predicted octanol–water partition coefficient (Wildman–Crippen LogP) is 2.87. The molecule has 0 radical (unpaired) electrons. The standard InChI is InChI=1S/C18H21F3N4O/c1-24-13-7-8-14(24)10-15(9-13)25-11-16(22-23-25)17(26,18(19,20)21)12-5-3-2-4-6-12/h2-6,11,13-15,26H,7-10H2,1H3/t13-,14+,15?,17?. The zero-order valence-electron chi connectivity index (χ0n) is 14.4. The zero-order chi connectivity index (χ0) is 18.5. The molecule has 0 spiro atoms. The largest absolute Gasteiger partial charge is 0.427 e. The Morgan fingerprint density at radius 3 is 2.23 bits per heavy atom. The number of aliphatic hydroxyl groups is 1. The third-order valence-corrected chi connectivity index (χ3v) is 5.93. The molecule has 2 saturated heterocycles. The number of halogens is 3. The van der Waals surface area contributed by atoms with Crippen molar-refractivity contribution >= 4 is 0 Å². The van der Waals surface area contributed by atoms with Gasteiger partial charge in [-0.3, -0.25) is 0 Å². The maximum atomic E-state index is 13.8. The molecular weight excluding hydrogens is 345 g/mol. The Hall–Kier alpha value is -1.93. The number of aromatic nitrogens is 3. The lowest BCUT2D eigenvalue weighted by molar-refractivity contribution is -0.249. The Morgan fingerprint density at radius 2 is 1.65 bits per heavy atom. The molecule has 2 unspecified atom stereocenters. The minimum Gasteiger partial charge on any atom is -0.371 e. The van der Waals surface area contributed by atoms with Crippen LogP contribution >= 0.6 is 0 Å². The van der Waals surface area contributed by atoms with Gasteiger partial charge < -0.3 is 10.0 Å². The number of hydrogen-bond acceptors (Lipinski definition) is 4. The topological polar surface area (TPSA) is 54.2 Å². The van der Waals surface area contributed by atoms with Crippen molar-refractivity contribution in [3.05, 3.63) is 47.8 Å². The molecule has 1 N–H and O–H groups in total. The number of nitrogens with zero attached hydrogens (tertiary/aromatic N) is 4. The van der Waals surface area contributed by atoms with Crippen molar-refractivity contribution in [1.29, 1.82) is 0 Å². The molecule has 2 aromatic rings. The molecule has 2 aliphatic heterocycles. The van der Waals surface area contributed by atoms with E-state index in [1.54, 1.807) is 6.07 Å². The first-order chi connectivity index (χ1) is 12.3. The second-order valence-electron chi connectivity index (χ2n) is 7.33. The second-order valence-corrected chi connectivity index (χ2v) is 7.33. The van der Waals surface area contributed by atoms with Crippen LogP contribution in [0.25, 0.3) is 0 Å². The summed E-state index contributed by atoms with van der Waals surface area (Å²) in [5, 5.41) is 18.3. The Labute approximate surface area is 149 Å². The molecule has 5 nitrogen and oxygen atoms in total. The lowest BCUT2D eigenvalue weighted by atomic mass is 9.90. The minimum absolute atomic E-state index is 0.0122. The molecule has 26 heavy (non-hydrogen) atoms. The molecule has 4 atom stereocenters. The van der Waals surface area contributed by atoms with Gasteiger partial charge in [0.05, 0.1) is 12.2 Å². The van der Waals surface area contributed by atoms with Gasteiger partial charge in [0.2, 0.25) is 5.60 Å². The van der Waals surface area contributed by atoms with E-state index < -0.39 is 17.5 Å². The van der Waals surface area contributed by atoms with Gasteiger partial charge in [-0.25, -0.2) is 4.68 Å². The van der Waals surface area contributed by atoms with Gasteiger partial charge in [-0.2, -0.15) is 13.2 Å². The summed E-state index contributed by atoms with van der Waals surface area (Å²) in [5.41, 5.74) is -3.91. The maximum absolute atomic E-state index is 13.8. The van der Waals surface area contributed by atoms with Crippen LogP contribution in [0.15, 0.2) is 36.5 Å². The van der Waals surface area contributed by atoms with Gasteiger partial charge >= 0.3 is 6.18 Å². The van der Waals surface area contributed by atoms with Gasteiger partial charge in [-0.05, 0) is 38.3 Å². The van der Waals surface area contributed by atoms with Crippen LogP contribution in [0.3, 0.4) is 0 Å². The summed E-state index contributed by atoms with van der Waals surface area (Å²) >= 11 is 0. The first-order valence-corrected chi connectivity index (χ1v) is 8.79. The SMILES string of the molecule is CN1[C@@H]2CC[C@H]1CC(n1cc(C(O)(c3ccccc3)C(F)(F)F)nn1)C2. The molecule has 0 saturated carbocycles. The van der Waals surface area contributed by atoms with E-state index in [1.807, 2.05) is 0 Å². The van der Waals surface area contributed by atoms with Crippen LogP contribution in [0.1, 0.15) is 43.0 Å². The summed E-state index contributed by atoms with van der Waals surface area (Å²) in [4.78, 5) is 2.35. The Kier molecular flexibility index (Phi) is 4.07. The fourth-order valence-electron chi connectivity index (χ4n) is 4.36. The van der Waals surface area contributed by atoms with Crippen molar-refractivity contribution in [3.8, 4) is 0 Å². The average Bonchev–Trinajstić information content (AvgIpc) is 3.16. The molecule has 3 heterocycles. The first-order valence-electron chi connectivity index (χ1n) is 8.79. The lowest BCUT2D eigenvalue weighted by Crippen LogP contribution is -2.43. The number of rotatable bonds is 3. The van der Waals surface area contributed by atoms with E-state index in [1.165, 1.54) is 35.1 Å². The second kappa shape index (κ2) is 6.06. The van der Waals surface area contributed by atoms with Crippen LogP contribution in [-0.2, 0) is 5.60 Å². The fraction of sp³-hybridized carbons (Fsp3) is 0.556. The molecule has 140 valence electrons. The average molecular weight is 366 g/mol. The maximum Gasteiger partial charge on any atom is 0.427 e. The summed E-state index contributed by atoms with van der Waals surface area (Å²) in [6.07, 6.45) is 0.250. The Balaban J connectivity index is 1.67. The van der Waals surface area contributed by atoms with Crippen molar-refractivity contribution in [2.45, 2.75) is 55.6 Å². The van der Waals surface area contributed by atoms with E-state index in [0.29, 0.717) is 12.1 Å². The summed E-state index contributed by atoms with van der Waals surface area (Å²) in [7, 11) is 2.10. The van der Waals surface area contributed by atoms with Crippen molar-refractivity contribution in [2.75, 3.05) is 7.05 Å². The van der Waals surface area contributed by atoms with Crippen LogP contribution in [0, 0.1) is 0 Å². The van der Waals surface area contributed by atoms with Gasteiger partial charge in [-0.1, -0.05) is 35.5 Å². The first kappa shape index (κ1) is 17.5. The Morgan fingerprint density at radius 1 is 1.04 bits per heavy atom. The minimum atomic E-state index is -4.90. The van der Waals surface area contributed by atoms with Crippen molar-refractivity contribution in [1.82, 2.24) is 19.9 Å². The van der Waals surface area contributed by atoms with Gasteiger partial charge in [0, 0.05) is 12.1 Å². The van der Waals surface area contributed by atoms with Crippen LogP contribution < -0.4 is 0 Å². The number of benzene rings is 1. The van der Waals surface area contributed by atoms with Crippen LogP contribution in [0.2, 0.25) is 0 Å². The number of alkyl halides is 3. The van der Waals surface area contributed by atoms with Gasteiger partial charge in [0.15, 0.2) is 0 Å². The summed E-state index contributed by atoms with van der Waals surface area (Å²) < 4.78 is 42.8. The quantitative estimate of drug-likeness (QED) is 0.908. The van der Waals surface area contributed by atoms with Gasteiger partial charge in [-0.15, -0.1) is 5.10 Å². The zero-order valence-corrected chi connectivity index (χ0v) is 14.4. The van der Waals surface area contributed by atoms with E-state index in [9.17, 15) is 18.3 Å². The molecule has 8 heteroatoms. The van der Waals surface area contributed by atoms with Crippen LogP contribution in [0.5, 0.6) is 0 Å². The summed E-state index contributed by atoms with van der Waals surface area (Å²) in [6, 6.07) is 7.91. The van der Waals surface area contributed by atoms with E-state index in [0.717, 1.165) is 25.7 Å². The highest BCUT2D eigenvalue weighted by atomic mass is 19.4.